The fourth-order valence-electron chi connectivity index (χ4n) is 1.88. The van der Waals surface area contributed by atoms with Crippen molar-refractivity contribution < 1.29 is 9.47 Å². The fraction of sp³-hybridized carbons (Fsp3) is 0.235. The van der Waals surface area contributed by atoms with E-state index in [0.717, 1.165) is 17.2 Å². The van der Waals surface area contributed by atoms with Gasteiger partial charge in [0, 0.05) is 11.8 Å². The summed E-state index contributed by atoms with van der Waals surface area (Å²) in [5.41, 5.74) is 6.71. The summed E-state index contributed by atoms with van der Waals surface area (Å²) < 4.78 is 10.9. The molecule has 2 aromatic rings. The molecule has 0 aliphatic heterocycles. The number of benzene rings is 2. The molecule has 0 spiro atoms. The highest BCUT2D eigenvalue weighted by atomic mass is 127. The number of nitrogens with one attached hydrogen (secondary N) is 1. The molecule has 0 aromatic heterocycles. The molecule has 0 amide bonds. The summed E-state index contributed by atoms with van der Waals surface area (Å²) in [6.45, 7) is 2.42. The number of nitrogens with two attached hydrogens (primary N) is 1. The number of para-hydroxylation sites is 1. The van der Waals surface area contributed by atoms with Crippen LogP contribution >= 0.6 is 24.0 Å². The first kappa shape index (κ1) is 19.1. The van der Waals surface area contributed by atoms with Crippen molar-refractivity contribution >= 4 is 35.6 Å². The van der Waals surface area contributed by atoms with E-state index in [2.05, 4.69) is 10.3 Å². The van der Waals surface area contributed by atoms with E-state index in [1.54, 1.807) is 7.11 Å². The topological polar surface area (TPSA) is 68.9 Å². The predicted octanol–water partition coefficient (Wildman–Crippen LogP) is 3.51. The van der Waals surface area contributed by atoms with Crippen LogP contribution in [0, 0.1) is 0 Å². The molecule has 0 saturated heterocycles. The summed E-state index contributed by atoms with van der Waals surface area (Å²) in [6, 6.07) is 17.2. The van der Waals surface area contributed by atoms with E-state index in [9.17, 15) is 0 Å². The largest absolute Gasteiger partial charge is 0.497 e. The van der Waals surface area contributed by atoms with Crippen molar-refractivity contribution in [1.29, 1.82) is 0 Å². The molecule has 0 fully saturated rings. The Morgan fingerprint density at radius 2 is 1.83 bits per heavy atom. The first-order chi connectivity index (χ1) is 10.7. The third-order valence-electron chi connectivity index (χ3n) is 2.94. The van der Waals surface area contributed by atoms with Crippen molar-refractivity contribution in [1.82, 2.24) is 0 Å². The number of rotatable bonds is 6. The second-order valence-electron chi connectivity index (χ2n) is 4.82. The van der Waals surface area contributed by atoms with Crippen molar-refractivity contribution in [3.63, 3.8) is 0 Å². The number of methoxy groups -OCH3 is 1. The molecule has 2 aromatic carbocycles. The summed E-state index contributed by atoms with van der Waals surface area (Å²) >= 11 is 0. The summed E-state index contributed by atoms with van der Waals surface area (Å²) in [4.78, 5) is 4.29. The Balaban J connectivity index is 0.00000264. The third-order valence-corrected chi connectivity index (χ3v) is 2.94. The molecule has 124 valence electrons. The van der Waals surface area contributed by atoms with Crippen LogP contribution in [0.1, 0.15) is 6.92 Å². The Morgan fingerprint density at radius 3 is 2.52 bits per heavy atom. The lowest BCUT2D eigenvalue weighted by Gasteiger charge is -2.13. The van der Waals surface area contributed by atoms with Crippen LogP contribution in [-0.4, -0.2) is 25.7 Å². The predicted molar refractivity (Wildman–Crippen MR) is 105 cm³/mol. The highest BCUT2D eigenvalue weighted by molar-refractivity contribution is 14.0. The van der Waals surface area contributed by atoms with Crippen LogP contribution in [0.3, 0.4) is 0 Å². The maximum absolute atomic E-state index is 5.88. The van der Waals surface area contributed by atoms with Crippen LogP contribution in [0.2, 0.25) is 0 Å². The number of nitrogens with zero attached hydrogens (tertiary/aromatic N) is 1. The SMILES string of the molecule is COc1cccc(NC(N)=NCC(C)Oc2ccccc2)c1.I. The highest BCUT2D eigenvalue weighted by Crippen LogP contribution is 2.16. The van der Waals surface area contributed by atoms with Crippen LogP contribution in [-0.2, 0) is 0 Å². The number of halogens is 1. The molecular formula is C17H22IN3O2. The van der Waals surface area contributed by atoms with Gasteiger partial charge in [-0.15, -0.1) is 24.0 Å². The van der Waals surface area contributed by atoms with Gasteiger partial charge >= 0.3 is 0 Å². The molecule has 0 radical (unpaired) electrons. The van der Waals surface area contributed by atoms with Crippen LogP contribution in [0.15, 0.2) is 59.6 Å². The first-order valence-electron chi connectivity index (χ1n) is 7.10. The Hall–Kier alpha value is -1.96. The van der Waals surface area contributed by atoms with Gasteiger partial charge in [-0.05, 0) is 31.2 Å². The van der Waals surface area contributed by atoms with Gasteiger partial charge in [0.25, 0.3) is 0 Å². The first-order valence-corrected chi connectivity index (χ1v) is 7.10. The summed E-state index contributed by atoms with van der Waals surface area (Å²) in [5, 5.41) is 3.03. The minimum absolute atomic E-state index is 0. The van der Waals surface area contributed by atoms with Gasteiger partial charge in [-0.2, -0.15) is 0 Å². The van der Waals surface area contributed by atoms with Gasteiger partial charge in [-0.1, -0.05) is 24.3 Å². The molecule has 23 heavy (non-hydrogen) atoms. The molecule has 0 aliphatic carbocycles. The van der Waals surface area contributed by atoms with E-state index >= 15 is 0 Å². The van der Waals surface area contributed by atoms with Crippen LogP contribution in [0.25, 0.3) is 0 Å². The number of hydrogen-bond acceptors (Lipinski definition) is 3. The van der Waals surface area contributed by atoms with Gasteiger partial charge < -0.3 is 20.5 Å². The Kier molecular flexibility index (Phi) is 8.25. The van der Waals surface area contributed by atoms with Crippen LogP contribution in [0.4, 0.5) is 5.69 Å². The minimum atomic E-state index is -0.0620. The van der Waals surface area contributed by atoms with Crippen molar-refractivity contribution in [2.45, 2.75) is 13.0 Å². The number of guanidine groups is 1. The molecule has 0 saturated carbocycles. The summed E-state index contributed by atoms with van der Waals surface area (Å²) in [7, 11) is 1.62. The van der Waals surface area contributed by atoms with Crippen molar-refractivity contribution in [2.24, 2.45) is 10.7 Å². The Bertz CT molecular complexity index is 620. The Morgan fingerprint density at radius 1 is 1.13 bits per heavy atom. The van der Waals surface area contributed by atoms with Crippen LogP contribution < -0.4 is 20.5 Å². The molecule has 0 aliphatic rings. The second-order valence-corrected chi connectivity index (χ2v) is 4.82. The van der Waals surface area contributed by atoms with E-state index < -0.39 is 0 Å². The van der Waals surface area contributed by atoms with Crippen molar-refractivity contribution in [3.05, 3.63) is 54.6 Å². The van der Waals surface area contributed by atoms with Crippen LogP contribution in [0.5, 0.6) is 11.5 Å². The van der Waals surface area contributed by atoms with E-state index in [1.165, 1.54) is 0 Å². The molecule has 0 heterocycles. The van der Waals surface area contributed by atoms with E-state index in [4.69, 9.17) is 15.2 Å². The quantitative estimate of drug-likeness (QED) is 0.421. The normalized spacial score (nSPS) is 12.0. The minimum Gasteiger partial charge on any atom is -0.497 e. The smallest absolute Gasteiger partial charge is 0.193 e. The van der Waals surface area contributed by atoms with Gasteiger partial charge in [0.05, 0.1) is 13.7 Å². The molecule has 6 heteroatoms. The van der Waals surface area contributed by atoms with E-state index in [1.807, 2.05) is 61.5 Å². The molecule has 1 unspecified atom stereocenters. The van der Waals surface area contributed by atoms with Gasteiger partial charge in [0.1, 0.15) is 17.6 Å². The Labute approximate surface area is 153 Å². The van der Waals surface area contributed by atoms with E-state index in [-0.39, 0.29) is 30.1 Å². The number of ether oxygens (including phenoxy) is 2. The second kappa shape index (κ2) is 9.94. The van der Waals surface area contributed by atoms with Crippen molar-refractivity contribution in [3.8, 4) is 11.5 Å². The summed E-state index contributed by atoms with van der Waals surface area (Å²) in [5.74, 6) is 1.93. The maximum Gasteiger partial charge on any atom is 0.193 e. The molecule has 1 atom stereocenters. The molecule has 0 bridgehead atoms. The fourth-order valence-corrected chi connectivity index (χ4v) is 1.88. The molecule has 5 nitrogen and oxygen atoms in total. The zero-order chi connectivity index (χ0) is 15.8. The van der Waals surface area contributed by atoms with Gasteiger partial charge in [-0.25, -0.2) is 4.99 Å². The molecular weight excluding hydrogens is 405 g/mol. The molecule has 3 N–H and O–H groups in total. The van der Waals surface area contributed by atoms with Gasteiger partial charge in [0.2, 0.25) is 0 Å². The standard InChI is InChI=1S/C17H21N3O2.HI/c1-13(22-15-8-4-3-5-9-15)12-19-17(18)20-14-7-6-10-16(11-14)21-2;/h3-11,13H,12H2,1-2H3,(H3,18,19,20);1H. The van der Waals surface area contributed by atoms with Gasteiger partial charge in [0.15, 0.2) is 5.96 Å². The lowest BCUT2D eigenvalue weighted by molar-refractivity contribution is 0.230. The summed E-state index contributed by atoms with van der Waals surface area (Å²) in [6.07, 6.45) is -0.0620. The maximum atomic E-state index is 5.88. The monoisotopic (exact) mass is 427 g/mol. The zero-order valence-corrected chi connectivity index (χ0v) is 15.6. The number of anilines is 1. The zero-order valence-electron chi connectivity index (χ0n) is 13.2. The van der Waals surface area contributed by atoms with E-state index in [0.29, 0.717) is 12.5 Å². The highest BCUT2D eigenvalue weighted by Gasteiger charge is 2.03. The number of aliphatic imine (C=N–C) groups is 1. The lowest BCUT2D eigenvalue weighted by atomic mass is 10.3. The average Bonchev–Trinajstić information content (AvgIpc) is 2.54. The third kappa shape index (κ3) is 6.77. The average molecular weight is 427 g/mol. The lowest BCUT2D eigenvalue weighted by Crippen LogP contribution is -2.25. The van der Waals surface area contributed by atoms with Gasteiger partial charge in [-0.3, -0.25) is 0 Å². The van der Waals surface area contributed by atoms with Crippen molar-refractivity contribution in [2.75, 3.05) is 19.0 Å². The number of hydrogen-bond donors (Lipinski definition) is 2. The molecule has 2 rings (SSSR count).